The lowest BCUT2D eigenvalue weighted by molar-refractivity contribution is 0.0242. The molecule has 0 aliphatic carbocycles. The molecule has 130 valence electrons. The van der Waals surface area contributed by atoms with E-state index >= 15 is 0 Å². The van der Waals surface area contributed by atoms with E-state index in [1.54, 1.807) is 0 Å². The van der Waals surface area contributed by atoms with Crippen LogP contribution in [0.5, 0.6) is 5.75 Å². The lowest BCUT2D eigenvalue weighted by atomic mass is 9.86. The van der Waals surface area contributed by atoms with E-state index in [1.165, 1.54) is 5.56 Å². The number of aliphatic hydroxyl groups excluding tert-OH is 2. The second kappa shape index (κ2) is 7.65. The maximum atomic E-state index is 10.2. The molecule has 0 bridgehead atoms. The first-order valence-corrected chi connectivity index (χ1v) is 8.58. The number of benzene rings is 1. The quantitative estimate of drug-likeness (QED) is 0.875. The Morgan fingerprint density at radius 1 is 1.35 bits per heavy atom. The molecular formula is C19H31NO3. The molecule has 2 unspecified atom stereocenters. The minimum atomic E-state index is -0.540. The molecule has 1 aliphatic rings. The largest absolute Gasteiger partial charge is 0.491 e. The van der Waals surface area contributed by atoms with Crippen molar-refractivity contribution in [3.05, 3.63) is 29.3 Å². The summed E-state index contributed by atoms with van der Waals surface area (Å²) in [5.74, 6) is 0.829. The molecule has 1 aliphatic heterocycles. The molecule has 1 saturated heterocycles. The Morgan fingerprint density at radius 3 is 2.70 bits per heavy atom. The molecule has 0 radical (unpaired) electrons. The zero-order chi connectivity index (χ0) is 17.0. The van der Waals surface area contributed by atoms with Gasteiger partial charge < -0.3 is 14.9 Å². The van der Waals surface area contributed by atoms with Crippen molar-refractivity contribution in [1.82, 2.24) is 4.90 Å². The van der Waals surface area contributed by atoms with Crippen LogP contribution in [0.15, 0.2) is 18.2 Å². The van der Waals surface area contributed by atoms with Gasteiger partial charge in [0, 0.05) is 13.1 Å². The number of hydrogen-bond donors (Lipinski definition) is 2. The van der Waals surface area contributed by atoms with E-state index in [0.29, 0.717) is 13.1 Å². The smallest absolute Gasteiger partial charge is 0.122 e. The highest BCUT2D eigenvalue weighted by molar-refractivity contribution is 5.38. The van der Waals surface area contributed by atoms with Crippen LogP contribution < -0.4 is 4.74 Å². The first-order chi connectivity index (χ1) is 10.8. The van der Waals surface area contributed by atoms with E-state index in [0.717, 1.165) is 30.7 Å². The molecule has 1 aromatic carbocycles. The molecule has 1 heterocycles. The van der Waals surface area contributed by atoms with Gasteiger partial charge >= 0.3 is 0 Å². The number of β-amino-alcohol motifs (C(OH)–C–C–N with tert-alkyl or cyclic N) is 2. The normalized spacial score (nSPS) is 21.2. The molecule has 2 N–H and O–H groups in total. The van der Waals surface area contributed by atoms with E-state index in [4.69, 9.17) is 4.74 Å². The second-order valence-electron chi connectivity index (χ2n) is 7.75. The molecular weight excluding hydrogens is 290 g/mol. The Hall–Kier alpha value is -1.10. The topological polar surface area (TPSA) is 52.9 Å². The number of aryl methyl sites for hydroxylation is 1. The van der Waals surface area contributed by atoms with Crippen molar-refractivity contribution in [1.29, 1.82) is 0 Å². The summed E-state index contributed by atoms with van der Waals surface area (Å²) in [5, 5.41) is 19.8. The minimum Gasteiger partial charge on any atom is -0.491 e. The van der Waals surface area contributed by atoms with Gasteiger partial charge in [0.05, 0.1) is 6.10 Å². The van der Waals surface area contributed by atoms with Gasteiger partial charge in [-0.25, -0.2) is 0 Å². The zero-order valence-corrected chi connectivity index (χ0v) is 14.9. The third-order valence-electron chi connectivity index (χ3n) is 4.42. The predicted molar refractivity (Wildman–Crippen MR) is 93.1 cm³/mol. The molecule has 4 heteroatoms. The minimum absolute atomic E-state index is 0.123. The van der Waals surface area contributed by atoms with Crippen LogP contribution >= 0.6 is 0 Å². The summed E-state index contributed by atoms with van der Waals surface area (Å²) in [4.78, 5) is 2.11. The van der Waals surface area contributed by atoms with Crippen LogP contribution in [0, 0.1) is 6.92 Å². The molecule has 2 rings (SSSR count). The van der Waals surface area contributed by atoms with Gasteiger partial charge in [-0.05, 0) is 48.9 Å². The Morgan fingerprint density at radius 2 is 2.09 bits per heavy atom. The van der Waals surface area contributed by atoms with Crippen molar-refractivity contribution in [2.24, 2.45) is 0 Å². The van der Waals surface area contributed by atoms with Crippen LogP contribution in [0.25, 0.3) is 0 Å². The molecule has 0 amide bonds. The highest BCUT2D eigenvalue weighted by Gasteiger charge is 2.20. The summed E-state index contributed by atoms with van der Waals surface area (Å²) in [5.41, 5.74) is 2.50. The van der Waals surface area contributed by atoms with Gasteiger partial charge in [-0.2, -0.15) is 0 Å². The molecule has 1 fully saturated rings. The van der Waals surface area contributed by atoms with Crippen LogP contribution in [0.3, 0.4) is 0 Å². The number of likely N-dealkylation sites (tertiary alicyclic amines) is 1. The van der Waals surface area contributed by atoms with Crippen molar-refractivity contribution < 1.29 is 14.9 Å². The number of piperidine rings is 1. The fourth-order valence-corrected chi connectivity index (χ4v) is 3.01. The van der Waals surface area contributed by atoms with Gasteiger partial charge in [0.25, 0.3) is 0 Å². The Bertz CT molecular complexity index is 510. The van der Waals surface area contributed by atoms with Gasteiger partial charge in [-0.1, -0.05) is 32.9 Å². The van der Waals surface area contributed by atoms with Gasteiger partial charge in [-0.3, -0.25) is 4.90 Å². The second-order valence-corrected chi connectivity index (χ2v) is 7.75. The van der Waals surface area contributed by atoms with E-state index < -0.39 is 6.10 Å². The molecule has 0 aromatic heterocycles. The van der Waals surface area contributed by atoms with Crippen LogP contribution in [0.2, 0.25) is 0 Å². The molecule has 1 aromatic rings. The maximum Gasteiger partial charge on any atom is 0.122 e. The van der Waals surface area contributed by atoms with Crippen molar-refractivity contribution in [3.8, 4) is 5.75 Å². The summed E-state index contributed by atoms with van der Waals surface area (Å²) in [6, 6.07) is 6.24. The SMILES string of the molecule is Cc1cc(C(C)(C)C)ccc1OCC(O)CN1CCCC(O)C1. The molecule has 2 atom stereocenters. The number of ether oxygens (including phenoxy) is 1. The lowest BCUT2D eigenvalue weighted by Gasteiger charge is -2.31. The summed E-state index contributed by atoms with van der Waals surface area (Å²) in [7, 11) is 0. The number of aliphatic hydroxyl groups is 2. The summed E-state index contributed by atoms with van der Waals surface area (Å²) < 4.78 is 5.80. The van der Waals surface area contributed by atoms with Gasteiger partial charge in [0.15, 0.2) is 0 Å². The molecule has 0 spiro atoms. The fraction of sp³-hybridized carbons (Fsp3) is 0.684. The third kappa shape index (κ3) is 5.48. The van der Waals surface area contributed by atoms with Gasteiger partial charge in [0.1, 0.15) is 18.5 Å². The summed E-state index contributed by atoms with van der Waals surface area (Å²) in [6.07, 6.45) is 1.05. The Kier molecular flexibility index (Phi) is 6.06. The highest BCUT2D eigenvalue weighted by Crippen LogP contribution is 2.27. The van der Waals surface area contributed by atoms with Gasteiger partial charge in [0.2, 0.25) is 0 Å². The lowest BCUT2D eigenvalue weighted by Crippen LogP contribution is -2.43. The van der Waals surface area contributed by atoms with Crippen LogP contribution in [-0.2, 0) is 5.41 Å². The van der Waals surface area contributed by atoms with Crippen LogP contribution in [0.1, 0.15) is 44.7 Å². The number of rotatable bonds is 5. The monoisotopic (exact) mass is 321 g/mol. The van der Waals surface area contributed by atoms with Crippen molar-refractivity contribution in [2.45, 2.75) is 58.2 Å². The van der Waals surface area contributed by atoms with E-state index in [2.05, 4.69) is 37.8 Å². The average Bonchev–Trinajstić information content (AvgIpc) is 2.45. The molecule has 0 saturated carbocycles. The summed E-state index contributed by atoms with van der Waals surface area (Å²) >= 11 is 0. The Balaban J connectivity index is 1.85. The molecule has 4 nitrogen and oxygen atoms in total. The third-order valence-corrected chi connectivity index (χ3v) is 4.42. The predicted octanol–water partition coefficient (Wildman–Crippen LogP) is 2.49. The van der Waals surface area contributed by atoms with Gasteiger partial charge in [-0.15, -0.1) is 0 Å². The highest BCUT2D eigenvalue weighted by atomic mass is 16.5. The number of nitrogens with zero attached hydrogens (tertiary/aromatic N) is 1. The standard InChI is InChI=1S/C19H31NO3/c1-14-10-15(19(2,3)4)7-8-18(14)23-13-17(22)12-20-9-5-6-16(21)11-20/h7-8,10,16-17,21-22H,5-6,9,11-13H2,1-4H3. The van der Waals surface area contributed by atoms with Crippen LogP contribution in [-0.4, -0.2) is 53.6 Å². The van der Waals surface area contributed by atoms with E-state index in [-0.39, 0.29) is 18.1 Å². The van der Waals surface area contributed by atoms with Crippen molar-refractivity contribution >= 4 is 0 Å². The fourth-order valence-electron chi connectivity index (χ4n) is 3.01. The number of hydrogen-bond acceptors (Lipinski definition) is 4. The van der Waals surface area contributed by atoms with E-state index in [9.17, 15) is 10.2 Å². The first-order valence-electron chi connectivity index (χ1n) is 8.58. The first kappa shape index (κ1) is 18.2. The van der Waals surface area contributed by atoms with Crippen molar-refractivity contribution in [2.75, 3.05) is 26.2 Å². The van der Waals surface area contributed by atoms with Crippen LogP contribution in [0.4, 0.5) is 0 Å². The Labute approximate surface area is 140 Å². The van der Waals surface area contributed by atoms with Crippen molar-refractivity contribution in [3.63, 3.8) is 0 Å². The average molecular weight is 321 g/mol. The van der Waals surface area contributed by atoms with E-state index in [1.807, 2.05) is 13.0 Å². The molecule has 23 heavy (non-hydrogen) atoms. The zero-order valence-electron chi connectivity index (χ0n) is 14.9. The summed E-state index contributed by atoms with van der Waals surface area (Å²) in [6.45, 7) is 11.0. The maximum absolute atomic E-state index is 10.2.